The van der Waals surface area contributed by atoms with Crippen LogP contribution in [0, 0.1) is 11.8 Å². The average Bonchev–Trinajstić information content (AvgIpc) is 4.10. The highest BCUT2D eigenvalue weighted by molar-refractivity contribution is 6.30. The van der Waals surface area contributed by atoms with Crippen molar-refractivity contribution in [1.29, 1.82) is 0 Å². The molecule has 0 saturated carbocycles. The third-order valence-electron chi connectivity index (χ3n) is 11.4. The molecular formula is C47H51ClN4O9. The van der Waals surface area contributed by atoms with Crippen LogP contribution in [0.15, 0.2) is 84.9 Å². The van der Waals surface area contributed by atoms with E-state index >= 15 is 0 Å². The number of Topliss-reactive ketones (excluding diaryl/α,β-unsaturated/α-hetero) is 3. The number of phenols is 2. The van der Waals surface area contributed by atoms with Crippen molar-refractivity contribution < 1.29 is 43.7 Å². The van der Waals surface area contributed by atoms with Gasteiger partial charge in [-0.05, 0) is 85.0 Å². The number of fused-ring (bicyclic) bond motifs is 5. The van der Waals surface area contributed by atoms with Gasteiger partial charge in [-0.3, -0.25) is 28.8 Å². The molecule has 4 bridgehead atoms. The molecule has 6 N–H and O–H groups in total. The Bertz CT molecular complexity index is 2290. The van der Waals surface area contributed by atoms with E-state index in [1.165, 1.54) is 50.1 Å². The molecule has 0 spiro atoms. The number of carbonyl (C=O) groups is 6. The summed E-state index contributed by atoms with van der Waals surface area (Å²) in [6.07, 6.45) is 0.340. The normalized spacial score (nSPS) is 19.8. The van der Waals surface area contributed by atoms with E-state index in [9.17, 15) is 39.0 Å². The molecule has 0 aromatic heterocycles. The molecule has 320 valence electrons. The first kappa shape index (κ1) is 44.7. The summed E-state index contributed by atoms with van der Waals surface area (Å²) in [5, 5.41) is 28.2. The lowest BCUT2D eigenvalue weighted by molar-refractivity contribution is -0.142. The lowest BCUT2D eigenvalue weighted by Gasteiger charge is -2.32. The van der Waals surface area contributed by atoms with Gasteiger partial charge in [0.2, 0.25) is 17.7 Å². The number of hydrogen-bond donors (Lipinski definition) is 5. The number of benzene rings is 4. The van der Waals surface area contributed by atoms with Crippen molar-refractivity contribution in [3.05, 3.63) is 107 Å². The van der Waals surface area contributed by atoms with Crippen LogP contribution >= 0.6 is 11.6 Å². The number of epoxide rings is 1. The van der Waals surface area contributed by atoms with Gasteiger partial charge in [-0.1, -0.05) is 73.5 Å². The van der Waals surface area contributed by atoms with E-state index in [-0.39, 0.29) is 60.1 Å². The van der Waals surface area contributed by atoms with E-state index in [0.29, 0.717) is 47.5 Å². The number of nitrogens with zero attached hydrogens (tertiary/aromatic N) is 1. The quantitative estimate of drug-likeness (QED) is 0.0593. The molecule has 6 rings (SSSR count). The van der Waals surface area contributed by atoms with Gasteiger partial charge in [-0.15, -0.1) is 0 Å². The molecule has 4 aromatic carbocycles. The van der Waals surface area contributed by atoms with Crippen molar-refractivity contribution in [2.75, 3.05) is 20.2 Å². The molecule has 14 heteroatoms. The molecule has 2 heterocycles. The van der Waals surface area contributed by atoms with Crippen molar-refractivity contribution >= 4 is 46.7 Å². The molecule has 6 atom stereocenters. The Balaban J connectivity index is 1.31. The van der Waals surface area contributed by atoms with Crippen molar-refractivity contribution in [3.8, 4) is 33.8 Å². The molecular weight excluding hydrogens is 800 g/mol. The Labute approximate surface area is 359 Å². The van der Waals surface area contributed by atoms with Gasteiger partial charge < -0.3 is 36.2 Å². The molecule has 0 aliphatic carbocycles. The Morgan fingerprint density at radius 1 is 0.902 bits per heavy atom. The van der Waals surface area contributed by atoms with Crippen molar-refractivity contribution in [1.82, 2.24) is 15.5 Å². The van der Waals surface area contributed by atoms with E-state index in [2.05, 4.69) is 10.6 Å². The molecule has 1 fully saturated rings. The van der Waals surface area contributed by atoms with Gasteiger partial charge in [-0.2, -0.15) is 0 Å². The Hall–Kier alpha value is -5.89. The fourth-order valence-corrected chi connectivity index (χ4v) is 7.85. The second kappa shape index (κ2) is 19.7. The minimum atomic E-state index is -1.28. The molecule has 2 aliphatic heterocycles. The number of ether oxygens (including phenoxy) is 1. The lowest BCUT2D eigenvalue weighted by atomic mass is 9.88. The Morgan fingerprint density at radius 3 is 2.16 bits per heavy atom. The maximum Gasteiger partial charge on any atom is 0.243 e. The molecule has 0 radical (unpaired) electrons. The van der Waals surface area contributed by atoms with Crippen molar-refractivity contribution in [2.45, 2.75) is 76.6 Å². The number of nitrogens with two attached hydrogens (primary N) is 1. The number of amides is 3. The van der Waals surface area contributed by atoms with Crippen LogP contribution in [0.4, 0.5) is 0 Å². The summed E-state index contributed by atoms with van der Waals surface area (Å²) in [5.74, 6) is -5.04. The monoisotopic (exact) mass is 850 g/mol. The summed E-state index contributed by atoms with van der Waals surface area (Å²) < 4.78 is 5.08. The van der Waals surface area contributed by atoms with Gasteiger partial charge >= 0.3 is 0 Å². The van der Waals surface area contributed by atoms with Crippen LogP contribution < -0.4 is 16.4 Å². The second-order valence-corrected chi connectivity index (χ2v) is 16.4. The highest BCUT2D eigenvalue weighted by Gasteiger charge is 2.38. The van der Waals surface area contributed by atoms with Crippen LogP contribution in [-0.2, 0) is 35.1 Å². The predicted octanol–water partition coefficient (Wildman–Crippen LogP) is 5.71. The van der Waals surface area contributed by atoms with Crippen LogP contribution in [-0.4, -0.2) is 88.6 Å². The van der Waals surface area contributed by atoms with Gasteiger partial charge in [0, 0.05) is 59.9 Å². The third kappa shape index (κ3) is 10.9. The first-order valence-corrected chi connectivity index (χ1v) is 20.8. The zero-order valence-electron chi connectivity index (χ0n) is 34.4. The first-order chi connectivity index (χ1) is 29.1. The number of likely N-dealkylation sites (N-methyl/N-ethyl adjacent to an activating group) is 1. The highest BCUT2D eigenvalue weighted by atomic mass is 35.5. The SMILES string of the molecule is C[C@@H]1CC(=O)[C@@H](N(C)C(=O)[C@H](CCCCN)CC(=O)c2ccc(-c3ccc(Cl)cc3)cc2)c2ccc(O)c(c2)-c2cc(ccc2O)C[C@@H](C(=O)N[C@@H](C)C(=O)C2CO2)NC1=O. The van der Waals surface area contributed by atoms with Gasteiger partial charge in [0.15, 0.2) is 17.3 Å². The highest BCUT2D eigenvalue weighted by Crippen LogP contribution is 2.40. The van der Waals surface area contributed by atoms with Crippen molar-refractivity contribution in [3.63, 3.8) is 0 Å². The summed E-state index contributed by atoms with van der Waals surface area (Å²) >= 11 is 6.05. The molecule has 4 aromatic rings. The van der Waals surface area contributed by atoms with Crippen LogP contribution in [0.5, 0.6) is 11.5 Å². The number of phenolic OH excluding ortho intramolecular Hbond substituents is 2. The predicted molar refractivity (Wildman–Crippen MR) is 230 cm³/mol. The van der Waals surface area contributed by atoms with Crippen molar-refractivity contribution in [2.24, 2.45) is 17.6 Å². The van der Waals surface area contributed by atoms with E-state index in [0.717, 1.165) is 11.1 Å². The number of halogens is 1. The number of aromatic hydroxyl groups is 2. The fourth-order valence-electron chi connectivity index (χ4n) is 7.73. The maximum atomic E-state index is 14.6. The van der Waals surface area contributed by atoms with E-state index in [1.54, 1.807) is 36.4 Å². The number of ketones is 3. The van der Waals surface area contributed by atoms with Gasteiger partial charge in [0.25, 0.3) is 0 Å². The van der Waals surface area contributed by atoms with Gasteiger partial charge in [0.05, 0.1) is 12.6 Å². The van der Waals surface area contributed by atoms with Crippen LogP contribution in [0.25, 0.3) is 22.3 Å². The number of nitrogens with one attached hydrogen (secondary N) is 2. The molecule has 3 amide bonds. The lowest BCUT2D eigenvalue weighted by Crippen LogP contribution is -2.53. The summed E-state index contributed by atoms with van der Waals surface area (Å²) in [5.41, 5.74) is 9.18. The fraction of sp³-hybridized carbons (Fsp3) is 0.362. The smallest absolute Gasteiger partial charge is 0.243 e. The first-order valence-electron chi connectivity index (χ1n) is 20.4. The zero-order chi connectivity index (χ0) is 44.0. The summed E-state index contributed by atoms with van der Waals surface area (Å²) in [7, 11) is 1.47. The van der Waals surface area contributed by atoms with E-state index in [1.807, 2.05) is 24.3 Å². The standard InChI is InChI=1S/C47H51ClN4O9/c1-26-20-41(56)43(52(3)47(60)33(6-4-5-19-49)24-40(55)31-10-8-29(9-11-31)30-12-15-34(48)16-13-30)32-14-18-39(54)36(23-32)35-21-28(7-17-38(35)53)22-37(51-45(26)58)46(59)50-27(2)44(57)42-25-61-42/h7-18,21,23,26-27,33,37,42-43,53-54H,4-6,19-20,22,24-25,49H2,1-3H3,(H,50,59)(H,51,58)/t26-,27+,33-,37+,42?,43+/m1/s1. The van der Waals surface area contributed by atoms with E-state index < -0.39 is 59.6 Å². The maximum absolute atomic E-state index is 14.6. The summed E-state index contributed by atoms with van der Waals surface area (Å²) in [4.78, 5) is 84.3. The summed E-state index contributed by atoms with van der Waals surface area (Å²) in [6, 6.07) is 20.0. The number of unbranched alkanes of at least 4 members (excludes halogenated alkanes) is 1. The average molecular weight is 851 g/mol. The van der Waals surface area contributed by atoms with Crippen LogP contribution in [0.2, 0.25) is 5.02 Å². The molecule has 1 saturated heterocycles. The largest absolute Gasteiger partial charge is 0.507 e. The minimum Gasteiger partial charge on any atom is -0.507 e. The minimum absolute atomic E-state index is 0.0521. The topological polar surface area (TPSA) is 209 Å². The second-order valence-electron chi connectivity index (χ2n) is 16.0. The molecule has 61 heavy (non-hydrogen) atoms. The Kier molecular flexibility index (Phi) is 14.4. The summed E-state index contributed by atoms with van der Waals surface area (Å²) in [6.45, 7) is 3.72. The zero-order valence-corrected chi connectivity index (χ0v) is 35.1. The molecule has 2 aliphatic rings. The van der Waals surface area contributed by atoms with E-state index in [4.69, 9.17) is 22.1 Å². The number of hydrogen-bond acceptors (Lipinski definition) is 10. The number of carbonyl (C=O) groups excluding carboxylic acids is 6. The van der Waals surface area contributed by atoms with Gasteiger partial charge in [-0.25, -0.2) is 0 Å². The number of rotatable bonds is 14. The van der Waals surface area contributed by atoms with Gasteiger partial charge in [0.1, 0.15) is 29.7 Å². The third-order valence-corrected chi connectivity index (χ3v) is 11.6. The Morgan fingerprint density at radius 2 is 1.52 bits per heavy atom. The van der Waals surface area contributed by atoms with Crippen LogP contribution in [0.3, 0.4) is 0 Å². The molecule has 13 nitrogen and oxygen atoms in total. The van der Waals surface area contributed by atoms with Crippen LogP contribution in [0.1, 0.15) is 73.5 Å². The molecule has 1 unspecified atom stereocenters.